The molecule has 0 bridgehead atoms. The van der Waals surface area contributed by atoms with Crippen LogP contribution in [0.4, 0.5) is 0 Å². The van der Waals surface area contributed by atoms with Crippen molar-refractivity contribution in [3.63, 3.8) is 0 Å². The summed E-state index contributed by atoms with van der Waals surface area (Å²) < 4.78 is 10.1. The fourth-order valence-electron chi connectivity index (χ4n) is 2.03. The number of carbonyl (C=O) groups excluding carboxylic acids is 2. The first-order valence-corrected chi connectivity index (χ1v) is 7.70. The van der Waals surface area contributed by atoms with Gasteiger partial charge in [-0.1, -0.05) is 39.8 Å². The normalized spacial score (nSPS) is 13.8. The number of hydrogen-bond donors (Lipinski definition) is 2. The molecule has 0 aliphatic rings. The Morgan fingerprint density at radius 1 is 1.04 bits per heavy atom. The summed E-state index contributed by atoms with van der Waals surface area (Å²) in [5.74, 6) is -4.42. The summed E-state index contributed by atoms with van der Waals surface area (Å²) in [6.07, 6.45) is 1.97. The molecular formula is C17H28O6. The number of hydrogen-bond acceptors (Lipinski definition) is 6. The highest BCUT2D eigenvalue weighted by atomic mass is 16.8. The summed E-state index contributed by atoms with van der Waals surface area (Å²) in [7, 11) is 0. The molecule has 0 radical (unpaired) electrons. The maximum Gasteiger partial charge on any atom is 0.381 e. The molecular weight excluding hydrogens is 300 g/mol. The van der Waals surface area contributed by atoms with Crippen molar-refractivity contribution in [3.8, 4) is 0 Å². The van der Waals surface area contributed by atoms with Crippen molar-refractivity contribution in [3.05, 3.63) is 24.3 Å². The zero-order valence-corrected chi connectivity index (χ0v) is 14.5. The molecule has 0 heterocycles. The molecule has 0 aliphatic heterocycles. The lowest BCUT2D eigenvalue weighted by Crippen LogP contribution is -2.56. The molecule has 6 nitrogen and oxygen atoms in total. The largest absolute Gasteiger partial charge is 0.395 e. The lowest BCUT2D eigenvalue weighted by molar-refractivity contribution is -0.382. The van der Waals surface area contributed by atoms with Crippen molar-refractivity contribution in [1.29, 1.82) is 0 Å². The minimum absolute atomic E-state index is 0.0354. The topological polar surface area (TPSA) is 93.1 Å². The summed E-state index contributed by atoms with van der Waals surface area (Å²) in [6, 6.07) is 0. The number of aliphatic hydroxyl groups excluding tert-OH is 1. The third kappa shape index (κ3) is 5.18. The van der Waals surface area contributed by atoms with Gasteiger partial charge in [0, 0.05) is 11.1 Å². The van der Waals surface area contributed by atoms with Crippen LogP contribution in [0.2, 0.25) is 0 Å². The van der Waals surface area contributed by atoms with E-state index in [2.05, 4.69) is 13.2 Å². The van der Waals surface area contributed by atoms with Gasteiger partial charge in [-0.15, -0.1) is 0 Å². The molecule has 0 aliphatic carbocycles. The minimum atomic E-state index is -2.60. The molecule has 2 N–H and O–H groups in total. The summed E-state index contributed by atoms with van der Waals surface area (Å²) in [5.41, 5.74) is -1.26. The molecule has 132 valence electrons. The van der Waals surface area contributed by atoms with E-state index in [1.807, 2.05) is 6.92 Å². The quantitative estimate of drug-likeness (QED) is 0.363. The van der Waals surface area contributed by atoms with E-state index in [0.717, 1.165) is 6.42 Å². The van der Waals surface area contributed by atoms with Crippen LogP contribution in [0.25, 0.3) is 0 Å². The monoisotopic (exact) mass is 328 g/mol. The average Bonchev–Trinajstić information content (AvgIpc) is 2.48. The Labute approximate surface area is 137 Å². The Kier molecular flexibility index (Phi) is 8.20. The molecule has 0 amide bonds. The molecule has 0 fully saturated rings. The van der Waals surface area contributed by atoms with Crippen molar-refractivity contribution in [2.45, 2.75) is 59.4 Å². The van der Waals surface area contributed by atoms with E-state index < -0.39 is 29.9 Å². The van der Waals surface area contributed by atoms with Crippen LogP contribution in [0.5, 0.6) is 0 Å². The Hall–Kier alpha value is -1.66. The molecule has 6 heteroatoms. The highest BCUT2D eigenvalue weighted by Crippen LogP contribution is 2.42. The van der Waals surface area contributed by atoms with Crippen LogP contribution >= 0.6 is 0 Å². The SMILES string of the molecule is C=C(C)C(=O)OC(O)(OC(=O)C(=C)C)C(CC)(CO)CCCC. The maximum atomic E-state index is 11.9. The molecule has 0 spiro atoms. The third-order valence-electron chi connectivity index (χ3n) is 3.82. The number of esters is 2. The highest BCUT2D eigenvalue weighted by molar-refractivity contribution is 5.89. The molecule has 23 heavy (non-hydrogen) atoms. The van der Waals surface area contributed by atoms with Gasteiger partial charge in [0.15, 0.2) is 0 Å². The number of carbonyl (C=O) groups is 2. The molecule has 0 aromatic heterocycles. The van der Waals surface area contributed by atoms with E-state index in [4.69, 9.17) is 9.47 Å². The lowest BCUT2D eigenvalue weighted by atomic mass is 9.78. The fraction of sp³-hybridized carbons (Fsp3) is 0.647. The molecule has 1 unspecified atom stereocenters. The first-order chi connectivity index (χ1) is 10.6. The number of ether oxygens (including phenoxy) is 2. The standard InChI is InChI=1S/C17H28O6/c1-7-9-10-16(8-2,11-18)17(21,22-14(19)12(3)4)23-15(20)13(5)6/h18,21H,3,5,7-11H2,1-2,4,6H3. The zero-order chi connectivity index (χ0) is 18.3. The molecule has 0 aromatic rings. The van der Waals surface area contributed by atoms with Gasteiger partial charge in [-0.25, -0.2) is 9.59 Å². The Morgan fingerprint density at radius 3 is 1.74 bits per heavy atom. The summed E-state index contributed by atoms with van der Waals surface area (Å²) >= 11 is 0. The number of unbranched alkanes of at least 4 members (excludes halogenated alkanes) is 1. The van der Waals surface area contributed by atoms with Crippen LogP contribution in [0.3, 0.4) is 0 Å². The van der Waals surface area contributed by atoms with E-state index in [0.29, 0.717) is 12.8 Å². The third-order valence-corrected chi connectivity index (χ3v) is 3.82. The fourth-order valence-corrected chi connectivity index (χ4v) is 2.03. The van der Waals surface area contributed by atoms with E-state index in [9.17, 15) is 19.8 Å². The molecule has 0 rings (SSSR count). The second kappa shape index (κ2) is 8.84. The van der Waals surface area contributed by atoms with Crippen molar-refractivity contribution in [2.24, 2.45) is 5.41 Å². The Bertz CT molecular complexity index is 434. The first kappa shape index (κ1) is 21.3. The van der Waals surface area contributed by atoms with Gasteiger partial charge in [-0.05, 0) is 26.7 Å². The van der Waals surface area contributed by atoms with E-state index >= 15 is 0 Å². The van der Waals surface area contributed by atoms with Gasteiger partial charge in [0.25, 0.3) is 0 Å². The van der Waals surface area contributed by atoms with Gasteiger partial charge >= 0.3 is 17.9 Å². The second-order valence-electron chi connectivity index (χ2n) is 5.82. The first-order valence-electron chi connectivity index (χ1n) is 7.70. The molecule has 0 saturated heterocycles. The molecule has 1 atom stereocenters. The summed E-state index contributed by atoms with van der Waals surface area (Å²) in [4.78, 5) is 23.8. The average molecular weight is 328 g/mol. The number of aliphatic hydroxyl groups is 2. The van der Waals surface area contributed by atoms with Crippen LogP contribution in [0.15, 0.2) is 24.3 Å². The smallest absolute Gasteiger partial charge is 0.381 e. The van der Waals surface area contributed by atoms with Crippen molar-refractivity contribution >= 4 is 11.9 Å². The van der Waals surface area contributed by atoms with Crippen LogP contribution in [0, 0.1) is 5.41 Å². The molecule has 0 aromatic carbocycles. The van der Waals surface area contributed by atoms with Gasteiger partial charge in [-0.2, -0.15) is 0 Å². The minimum Gasteiger partial charge on any atom is -0.395 e. The van der Waals surface area contributed by atoms with Gasteiger partial charge < -0.3 is 19.7 Å². The van der Waals surface area contributed by atoms with Crippen molar-refractivity contribution in [2.75, 3.05) is 6.61 Å². The van der Waals surface area contributed by atoms with Gasteiger partial charge in [0.2, 0.25) is 0 Å². The van der Waals surface area contributed by atoms with Gasteiger partial charge in [-0.3, -0.25) is 0 Å². The van der Waals surface area contributed by atoms with Crippen LogP contribution < -0.4 is 0 Å². The maximum absolute atomic E-state index is 11.9. The van der Waals surface area contributed by atoms with Crippen LogP contribution in [-0.4, -0.2) is 34.7 Å². The van der Waals surface area contributed by atoms with Crippen LogP contribution in [-0.2, 0) is 19.1 Å². The predicted molar refractivity (Wildman–Crippen MR) is 86.1 cm³/mol. The van der Waals surface area contributed by atoms with Crippen molar-refractivity contribution in [1.82, 2.24) is 0 Å². The lowest BCUT2D eigenvalue weighted by Gasteiger charge is -2.42. The molecule has 0 saturated carbocycles. The second-order valence-corrected chi connectivity index (χ2v) is 5.82. The van der Waals surface area contributed by atoms with Crippen LogP contribution in [0.1, 0.15) is 53.4 Å². The van der Waals surface area contributed by atoms with E-state index in [1.165, 1.54) is 13.8 Å². The summed E-state index contributed by atoms with van der Waals surface area (Å²) in [6.45, 7) is 12.8. The summed E-state index contributed by atoms with van der Waals surface area (Å²) in [5, 5.41) is 20.7. The Morgan fingerprint density at radius 2 is 1.48 bits per heavy atom. The van der Waals surface area contributed by atoms with Crippen molar-refractivity contribution < 1.29 is 29.3 Å². The number of rotatable bonds is 10. The zero-order valence-electron chi connectivity index (χ0n) is 14.5. The predicted octanol–water partition coefficient (Wildman–Crippen LogP) is 2.45. The van der Waals surface area contributed by atoms with E-state index in [-0.39, 0.29) is 17.6 Å². The van der Waals surface area contributed by atoms with E-state index in [1.54, 1.807) is 6.92 Å². The van der Waals surface area contributed by atoms with Gasteiger partial charge in [0.05, 0.1) is 12.0 Å². The van der Waals surface area contributed by atoms with Gasteiger partial charge in [0.1, 0.15) is 0 Å². The Balaban J connectivity index is 5.84. The highest BCUT2D eigenvalue weighted by Gasteiger charge is 2.56.